The number of primary amides is 1. The Morgan fingerprint density at radius 2 is 1.67 bits per heavy atom. The van der Waals surface area contributed by atoms with Gasteiger partial charge in [0.25, 0.3) is 0 Å². The zero-order chi connectivity index (χ0) is 10.7. The van der Waals surface area contributed by atoms with E-state index in [2.05, 4.69) is 4.90 Å². The van der Waals surface area contributed by atoms with E-state index in [1.807, 2.05) is 0 Å². The van der Waals surface area contributed by atoms with Gasteiger partial charge in [-0.3, -0.25) is 9.69 Å². The third kappa shape index (κ3) is 2.33. The van der Waals surface area contributed by atoms with Crippen LogP contribution in [0.25, 0.3) is 0 Å². The molecule has 0 unspecified atom stereocenters. The molecule has 1 saturated carbocycles. The maximum Gasteiger partial charge on any atom is 0.219 e. The molecule has 3 heteroatoms. The molecule has 3 nitrogen and oxygen atoms in total. The van der Waals surface area contributed by atoms with Crippen LogP contribution in [0, 0.1) is 0 Å². The lowest BCUT2D eigenvalue weighted by atomic mass is 9.78. The molecule has 15 heavy (non-hydrogen) atoms. The molecule has 0 bridgehead atoms. The van der Waals surface area contributed by atoms with Crippen LogP contribution in [0.2, 0.25) is 0 Å². The Morgan fingerprint density at radius 1 is 1.07 bits per heavy atom. The van der Waals surface area contributed by atoms with Crippen molar-refractivity contribution < 1.29 is 4.79 Å². The van der Waals surface area contributed by atoms with E-state index >= 15 is 0 Å². The molecule has 1 amide bonds. The van der Waals surface area contributed by atoms with Crippen molar-refractivity contribution >= 4 is 5.91 Å². The lowest BCUT2D eigenvalue weighted by molar-refractivity contribution is -0.121. The number of nitrogens with zero attached hydrogens (tertiary/aromatic N) is 1. The van der Waals surface area contributed by atoms with Gasteiger partial charge in [0.05, 0.1) is 0 Å². The summed E-state index contributed by atoms with van der Waals surface area (Å²) in [5.41, 5.74) is 5.55. The normalized spacial score (nSPS) is 26.7. The predicted octanol–water partition coefficient (Wildman–Crippen LogP) is 1.66. The number of likely N-dealkylation sites (tertiary alicyclic amines) is 1. The molecule has 0 spiro atoms. The van der Waals surface area contributed by atoms with Crippen LogP contribution in [0.1, 0.15) is 51.4 Å². The van der Waals surface area contributed by atoms with Gasteiger partial charge in [-0.25, -0.2) is 0 Å². The maximum absolute atomic E-state index is 11.2. The number of hydrogen-bond donors (Lipinski definition) is 1. The van der Waals surface area contributed by atoms with Crippen LogP contribution in [0.15, 0.2) is 0 Å². The second-order valence-corrected chi connectivity index (χ2v) is 5.12. The molecule has 1 aliphatic heterocycles. The van der Waals surface area contributed by atoms with E-state index < -0.39 is 0 Å². The van der Waals surface area contributed by atoms with Crippen LogP contribution < -0.4 is 5.73 Å². The molecule has 0 aromatic heterocycles. The minimum Gasteiger partial charge on any atom is -0.370 e. The SMILES string of the molecule is NC(=O)CC1(N2CCCC2)CCCCC1. The van der Waals surface area contributed by atoms with E-state index in [1.54, 1.807) is 0 Å². The average molecular weight is 210 g/mol. The molecule has 86 valence electrons. The molecular weight excluding hydrogens is 188 g/mol. The van der Waals surface area contributed by atoms with Gasteiger partial charge in [0.1, 0.15) is 0 Å². The minimum absolute atomic E-state index is 0.121. The van der Waals surface area contributed by atoms with Crippen LogP contribution in [-0.4, -0.2) is 29.4 Å². The molecule has 2 N–H and O–H groups in total. The highest BCUT2D eigenvalue weighted by molar-refractivity contribution is 5.75. The Kier molecular flexibility index (Phi) is 3.29. The van der Waals surface area contributed by atoms with Gasteiger partial charge in [-0.2, -0.15) is 0 Å². The Morgan fingerprint density at radius 3 is 2.20 bits per heavy atom. The second kappa shape index (κ2) is 4.52. The molecular formula is C12H22N2O. The molecule has 0 radical (unpaired) electrons. The van der Waals surface area contributed by atoms with E-state index in [1.165, 1.54) is 58.0 Å². The highest BCUT2D eigenvalue weighted by Crippen LogP contribution is 2.38. The summed E-state index contributed by atoms with van der Waals surface area (Å²) in [5.74, 6) is -0.121. The van der Waals surface area contributed by atoms with Gasteiger partial charge >= 0.3 is 0 Å². The molecule has 2 rings (SSSR count). The predicted molar refractivity (Wildman–Crippen MR) is 60.4 cm³/mol. The largest absolute Gasteiger partial charge is 0.370 e. The smallest absolute Gasteiger partial charge is 0.219 e. The molecule has 1 aliphatic carbocycles. The summed E-state index contributed by atoms with van der Waals surface area (Å²) in [6.45, 7) is 2.35. The number of amides is 1. The Labute approximate surface area is 92.0 Å². The first-order chi connectivity index (χ1) is 7.23. The molecule has 0 aromatic rings. The van der Waals surface area contributed by atoms with Crippen molar-refractivity contribution in [1.82, 2.24) is 4.90 Å². The third-order valence-corrected chi connectivity index (χ3v) is 4.06. The number of nitrogens with two attached hydrogens (primary N) is 1. The van der Waals surface area contributed by atoms with Gasteiger partial charge in [-0.1, -0.05) is 19.3 Å². The molecule has 0 aromatic carbocycles. The molecule has 2 fully saturated rings. The zero-order valence-electron chi connectivity index (χ0n) is 9.50. The van der Waals surface area contributed by atoms with Crippen LogP contribution in [0.5, 0.6) is 0 Å². The van der Waals surface area contributed by atoms with Crippen LogP contribution in [0.4, 0.5) is 0 Å². The van der Waals surface area contributed by atoms with Crippen LogP contribution in [-0.2, 0) is 4.79 Å². The zero-order valence-corrected chi connectivity index (χ0v) is 9.50. The lowest BCUT2D eigenvalue weighted by Crippen LogP contribution is -2.50. The summed E-state index contributed by atoms with van der Waals surface area (Å²) in [5, 5.41) is 0. The van der Waals surface area contributed by atoms with E-state index in [9.17, 15) is 4.79 Å². The molecule has 0 atom stereocenters. The van der Waals surface area contributed by atoms with Gasteiger partial charge in [0.15, 0.2) is 0 Å². The van der Waals surface area contributed by atoms with E-state index in [0.717, 1.165) is 0 Å². The fourth-order valence-electron chi connectivity index (χ4n) is 3.33. The standard InChI is InChI=1S/C12H22N2O/c13-11(15)10-12(6-2-1-3-7-12)14-8-4-5-9-14/h1-10H2,(H2,13,15). The van der Waals surface area contributed by atoms with Crippen molar-refractivity contribution in [2.45, 2.75) is 56.9 Å². The summed E-state index contributed by atoms with van der Waals surface area (Å²) in [4.78, 5) is 13.8. The maximum atomic E-state index is 11.2. The van der Waals surface area contributed by atoms with Crippen molar-refractivity contribution in [3.05, 3.63) is 0 Å². The van der Waals surface area contributed by atoms with Gasteiger partial charge < -0.3 is 5.73 Å². The molecule has 1 saturated heterocycles. The van der Waals surface area contributed by atoms with E-state index in [0.29, 0.717) is 6.42 Å². The summed E-state index contributed by atoms with van der Waals surface area (Å²) >= 11 is 0. The lowest BCUT2D eigenvalue weighted by Gasteiger charge is -2.44. The number of rotatable bonds is 3. The van der Waals surface area contributed by atoms with Gasteiger partial charge in [0, 0.05) is 12.0 Å². The van der Waals surface area contributed by atoms with Crippen LogP contribution >= 0.6 is 0 Å². The van der Waals surface area contributed by atoms with Crippen LogP contribution in [0.3, 0.4) is 0 Å². The van der Waals surface area contributed by atoms with Gasteiger partial charge in [-0.15, -0.1) is 0 Å². The first-order valence-electron chi connectivity index (χ1n) is 6.26. The van der Waals surface area contributed by atoms with Gasteiger partial charge in [-0.05, 0) is 38.8 Å². The summed E-state index contributed by atoms with van der Waals surface area (Å²) in [6, 6.07) is 0. The summed E-state index contributed by atoms with van der Waals surface area (Å²) < 4.78 is 0. The van der Waals surface area contributed by atoms with Crippen molar-refractivity contribution in [3.8, 4) is 0 Å². The summed E-state index contributed by atoms with van der Waals surface area (Å²) in [6.07, 6.45) is 9.38. The summed E-state index contributed by atoms with van der Waals surface area (Å²) in [7, 11) is 0. The number of carbonyl (C=O) groups is 1. The highest BCUT2D eigenvalue weighted by Gasteiger charge is 2.40. The van der Waals surface area contributed by atoms with E-state index in [-0.39, 0.29) is 11.4 Å². The number of carbonyl (C=O) groups excluding carboxylic acids is 1. The third-order valence-electron chi connectivity index (χ3n) is 4.06. The first-order valence-corrected chi connectivity index (χ1v) is 6.26. The minimum atomic E-state index is -0.121. The molecule has 2 aliphatic rings. The highest BCUT2D eigenvalue weighted by atomic mass is 16.1. The van der Waals surface area contributed by atoms with Gasteiger partial charge in [0.2, 0.25) is 5.91 Å². The van der Waals surface area contributed by atoms with Crippen molar-refractivity contribution in [3.63, 3.8) is 0 Å². The number of hydrogen-bond acceptors (Lipinski definition) is 2. The van der Waals surface area contributed by atoms with E-state index in [4.69, 9.17) is 5.73 Å². The Bertz CT molecular complexity index is 228. The first kappa shape index (κ1) is 10.9. The second-order valence-electron chi connectivity index (χ2n) is 5.12. The fraction of sp³-hybridized carbons (Fsp3) is 0.917. The quantitative estimate of drug-likeness (QED) is 0.770. The monoisotopic (exact) mass is 210 g/mol. The fourth-order valence-corrected chi connectivity index (χ4v) is 3.33. The van der Waals surface area contributed by atoms with Crippen molar-refractivity contribution in [2.24, 2.45) is 5.73 Å². The van der Waals surface area contributed by atoms with Crippen molar-refractivity contribution in [1.29, 1.82) is 0 Å². The average Bonchev–Trinajstić information content (AvgIpc) is 2.71. The topological polar surface area (TPSA) is 46.3 Å². The van der Waals surface area contributed by atoms with Crippen molar-refractivity contribution in [2.75, 3.05) is 13.1 Å². The molecule has 1 heterocycles. The Hall–Kier alpha value is -0.570. The Balaban J connectivity index is 2.08.